The highest BCUT2D eigenvalue weighted by atomic mass is 32.2. The van der Waals surface area contributed by atoms with Crippen LogP contribution in [-0.4, -0.2) is 30.0 Å². The van der Waals surface area contributed by atoms with Gasteiger partial charge in [0.15, 0.2) is 16.7 Å². The molecule has 2 aromatic carbocycles. The van der Waals surface area contributed by atoms with E-state index in [4.69, 9.17) is 14.9 Å². The Labute approximate surface area is 188 Å². The minimum Gasteiger partial charge on any atom is -0.398 e. The molecule has 9 heteroatoms. The molecule has 8 nitrogen and oxygen atoms in total. The minimum absolute atomic E-state index is 0.316. The van der Waals surface area contributed by atoms with Crippen molar-refractivity contribution in [2.45, 2.75) is 45.8 Å². The number of hydrogen-bond acceptors (Lipinski definition) is 7. The molecular weight excluding hydrogens is 426 g/mol. The molecule has 0 saturated carbocycles. The molecule has 0 aliphatic heterocycles. The summed E-state index contributed by atoms with van der Waals surface area (Å²) in [6.45, 7) is 4.30. The molecule has 3 N–H and O–H groups in total. The molecule has 4 aromatic rings. The first kappa shape index (κ1) is 22.0. The van der Waals surface area contributed by atoms with Crippen molar-refractivity contribution >= 4 is 44.3 Å². The second-order valence-electron chi connectivity index (χ2n) is 7.73. The molecule has 0 spiro atoms. The van der Waals surface area contributed by atoms with E-state index in [1.165, 1.54) is 0 Å². The van der Waals surface area contributed by atoms with Crippen LogP contribution in [-0.2, 0) is 23.8 Å². The number of nitrogens with two attached hydrogens (primary N) is 1. The molecule has 0 amide bonds. The first-order valence-electron chi connectivity index (χ1n) is 10.6. The van der Waals surface area contributed by atoms with Gasteiger partial charge in [0.25, 0.3) is 0 Å². The van der Waals surface area contributed by atoms with Gasteiger partial charge in [-0.25, -0.2) is 14.2 Å². The summed E-state index contributed by atoms with van der Waals surface area (Å²) in [5, 5.41) is 10.9. The Kier molecular flexibility index (Phi) is 6.57. The summed E-state index contributed by atoms with van der Waals surface area (Å²) in [5.41, 5.74) is 8.83. The highest BCUT2D eigenvalue weighted by molar-refractivity contribution is 7.70. The minimum atomic E-state index is -2.29. The fourth-order valence-corrected chi connectivity index (χ4v) is 4.34. The standard InChI is InChI=1S/C23H27N5O3S/c1-3-4-10-20-26-21-22(28(20)14-15(2)29)18-12-11-16(13-19(18)25-23(21)24)27-32(30)31-17-8-6-5-7-9-17/h5-9,11-13,15,29,32H,3-4,10,14H2,1-2H3,(H2,24,25). The summed E-state index contributed by atoms with van der Waals surface area (Å²) < 4.78 is 23.9. The average Bonchev–Trinajstić information content (AvgIpc) is 3.11. The Hall–Kier alpha value is -3.17. The van der Waals surface area contributed by atoms with E-state index in [0.717, 1.165) is 36.0 Å². The molecule has 0 fully saturated rings. The molecule has 2 heterocycles. The Morgan fingerprint density at radius 1 is 1.22 bits per heavy atom. The fraction of sp³-hybridized carbons (Fsp3) is 0.304. The average molecular weight is 454 g/mol. The summed E-state index contributed by atoms with van der Waals surface area (Å²) in [6.07, 6.45) is 2.29. The van der Waals surface area contributed by atoms with Gasteiger partial charge in [-0.15, -0.1) is 0 Å². The zero-order chi connectivity index (χ0) is 22.7. The van der Waals surface area contributed by atoms with Crippen molar-refractivity contribution in [3.8, 4) is 5.75 Å². The van der Waals surface area contributed by atoms with E-state index in [0.29, 0.717) is 34.8 Å². The van der Waals surface area contributed by atoms with Gasteiger partial charge in [-0.2, -0.15) is 4.36 Å². The monoisotopic (exact) mass is 453 g/mol. The molecule has 2 aromatic heterocycles. The van der Waals surface area contributed by atoms with Crippen molar-refractivity contribution in [3.05, 3.63) is 54.4 Å². The molecule has 2 atom stereocenters. The van der Waals surface area contributed by atoms with Gasteiger partial charge in [0.05, 0.1) is 29.4 Å². The summed E-state index contributed by atoms with van der Waals surface area (Å²) in [4.78, 5) is 9.26. The van der Waals surface area contributed by atoms with Gasteiger partial charge in [0.2, 0.25) is 0 Å². The van der Waals surface area contributed by atoms with E-state index in [9.17, 15) is 9.32 Å². The lowest BCUT2D eigenvalue weighted by Gasteiger charge is -2.12. The van der Waals surface area contributed by atoms with E-state index < -0.39 is 17.0 Å². The lowest BCUT2D eigenvalue weighted by Crippen LogP contribution is -2.14. The first-order valence-corrected chi connectivity index (χ1v) is 11.8. The van der Waals surface area contributed by atoms with Crippen LogP contribution in [0.3, 0.4) is 0 Å². The third-order valence-electron chi connectivity index (χ3n) is 5.09. The molecular formula is C23H27N5O3S. The molecule has 0 aliphatic rings. The van der Waals surface area contributed by atoms with Gasteiger partial charge in [0.1, 0.15) is 17.1 Å². The number of rotatable bonds is 8. The zero-order valence-electron chi connectivity index (χ0n) is 18.1. The van der Waals surface area contributed by atoms with E-state index in [2.05, 4.69) is 16.3 Å². The summed E-state index contributed by atoms with van der Waals surface area (Å²) in [7, 11) is -2.29. The fourth-order valence-electron chi connectivity index (χ4n) is 3.68. The molecule has 2 unspecified atom stereocenters. The van der Waals surface area contributed by atoms with E-state index in [-0.39, 0.29) is 0 Å². The van der Waals surface area contributed by atoms with Gasteiger partial charge in [0, 0.05) is 11.8 Å². The van der Waals surface area contributed by atoms with Crippen LogP contribution in [0.2, 0.25) is 0 Å². The number of aliphatic hydroxyl groups is 1. The number of unbranched alkanes of at least 4 members (excludes halogenated alkanes) is 1. The predicted octanol–water partition coefficient (Wildman–Crippen LogP) is 4.18. The second-order valence-corrected chi connectivity index (χ2v) is 8.59. The molecule has 168 valence electrons. The number of nitrogens with zero attached hydrogens (tertiary/aromatic N) is 4. The number of thiol groups is 1. The SMILES string of the molecule is CCCCc1nc2c(N)nc3cc(N=[SH](=O)Oc4ccccc4)ccc3c2n1CC(C)O. The maximum Gasteiger partial charge on any atom is 0.200 e. The maximum absolute atomic E-state index is 12.3. The number of benzene rings is 2. The van der Waals surface area contributed by atoms with Gasteiger partial charge in [-0.3, -0.25) is 0 Å². The highest BCUT2D eigenvalue weighted by Gasteiger charge is 2.18. The van der Waals surface area contributed by atoms with Crippen LogP contribution in [0.25, 0.3) is 21.9 Å². The second kappa shape index (κ2) is 9.54. The quantitative estimate of drug-likeness (QED) is 0.345. The molecule has 0 aliphatic carbocycles. The van der Waals surface area contributed by atoms with E-state index in [1.807, 2.05) is 16.7 Å². The highest BCUT2D eigenvalue weighted by Crippen LogP contribution is 2.32. The van der Waals surface area contributed by atoms with E-state index in [1.54, 1.807) is 43.3 Å². The van der Waals surface area contributed by atoms with Crippen molar-refractivity contribution in [3.63, 3.8) is 0 Å². The lowest BCUT2D eigenvalue weighted by molar-refractivity contribution is 0.174. The Morgan fingerprint density at radius 3 is 2.72 bits per heavy atom. The van der Waals surface area contributed by atoms with Crippen molar-refractivity contribution in [2.75, 3.05) is 5.73 Å². The smallest absolute Gasteiger partial charge is 0.200 e. The van der Waals surface area contributed by atoms with Crippen molar-refractivity contribution in [1.82, 2.24) is 14.5 Å². The topological polar surface area (TPSA) is 116 Å². The maximum atomic E-state index is 12.3. The van der Waals surface area contributed by atoms with Crippen LogP contribution < -0.4 is 9.92 Å². The number of pyridine rings is 1. The molecule has 0 radical (unpaired) electrons. The van der Waals surface area contributed by atoms with Crippen LogP contribution in [0.15, 0.2) is 52.9 Å². The lowest BCUT2D eigenvalue weighted by atomic mass is 10.1. The molecule has 4 rings (SSSR count). The molecule has 0 bridgehead atoms. The van der Waals surface area contributed by atoms with Gasteiger partial charge < -0.3 is 19.6 Å². The van der Waals surface area contributed by atoms with Crippen molar-refractivity contribution in [1.29, 1.82) is 0 Å². The predicted molar refractivity (Wildman–Crippen MR) is 128 cm³/mol. The third kappa shape index (κ3) is 4.68. The number of aromatic nitrogens is 3. The largest absolute Gasteiger partial charge is 0.398 e. The van der Waals surface area contributed by atoms with Crippen molar-refractivity contribution < 1.29 is 13.5 Å². The Bertz CT molecular complexity index is 1330. The number of fused-ring (bicyclic) bond motifs is 3. The number of para-hydroxylation sites is 1. The normalized spacial score (nSPS) is 13.6. The molecule has 0 saturated heterocycles. The number of anilines is 1. The molecule has 32 heavy (non-hydrogen) atoms. The van der Waals surface area contributed by atoms with Crippen LogP contribution in [0.5, 0.6) is 5.75 Å². The summed E-state index contributed by atoms with van der Waals surface area (Å²) in [6, 6.07) is 14.3. The third-order valence-corrected chi connectivity index (χ3v) is 5.85. The number of aryl methyl sites for hydroxylation is 1. The van der Waals surface area contributed by atoms with Crippen LogP contribution in [0.1, 0.15) is 32.5 Å². The first-order chi connectivity index (χ1) is 15.5. The van der Waals surface area contributed by atoms with Gasteiger partial charge in [-0.05, 0) is 43.7 Å². The number of imidazole rings is 1. The summed E-state index contributed by atoms with van der Waals surface area (Å²) in [5.74, 6) is 1.69. The van der Waals surface area contributed by atoms with Crippen LogP contribution >= 0.6 is 0 Å². The number of aliphatic hydroxyl groups excluding tert-OH is 1. The van der Waals surface area contributed by atoms with Crippen molar-refractivity contribution in [2.24, 2.45) is 4.36 Å². The zero-order valence-corrected chi connectivity index (χ0v) is 19.0. The van der Waals surface area contributed by atoms with Crippen LogP contribution in [0, 0.1) is 0 Å². The number of nitrogen functional groups attached to an aromatic ring is 1. The van der Waals surface area contributed by atoms with Gasteiger partial charge in [-0.1, -0.05) is 31.5 Å². The van der Waals surface area contributed by atoms with Crippen LogP contribution in [0.4, 0.5) is 11.5 Å². The summed E-state index contributed by atoms with van der Waals surface area (Å²) >= 11 is 0. The van der Waals surface area contributed by atoms with E-state index >= 15 is 0 Å². The Morgan fingerprint density at radius 2 is 2.00 bits per heavy atom. The Balaban J connectivity index is 1.79. The van der Waals surface area contributed by atoms with Gasteiger partial charge >= 0.3 is 0 Å². The number of hydrogen-bond donors (Lipinski definition) is 3.